The lowest BCUT2D eigenvalue weighted by atomic mass is 9.79. The molecule has 0 radical (unpaired) electrons. The van der Waals surface area contributed by atoms with Gasteiger partial charge in [0.1, 0.15) is 5.60 Å². The molecule has 6 heteroatoms. The highest BCUT2D eigenvalue weighted by Gasteiger charge is 2.44. The normalized spacial score (nSPS) is 22.3. The molecule has 1 fully saturated rings. The Labute approximate surface area is 171 Å². The highest BCUT2D eigenvalue weighted by atomic mass is 16.3. The smallest absolute Gasteiger partial charge is 0.224 e. The minimum atomic E-state index is -0.956. The van der Waals surface area contributed by atoms with Crippen LogP contribution in [0, 0.1) is 0 Å². The summed E-state index contributed by atoms with van der Waals surface area (Å²) in [5.41, 5.74) is 1.94. The topological polar surface area (TPSA) is 61.6 Å². The van der Waals surface area contributed by atoms with Crippen LogP contribution < -0.4 is 0 Å². The first-order valence-electron chi connectivity index (χ1n) is 10.1. The number of hydrogen-bond donors (Lipinski definition) is 1. The van der Waals surface area contributed by atoms with Gasteiger partial charge in [-0.3, -0.25) is 4.79 Å². The molecule has 3 aromatic rings. The molecule has 1 aliphatic heterocycles. The molecule has 0 unspecified atom stereocenters. The second-order valence-corrected chi connectivity index (χ2v) is 8.04. The second kappa shape index (κ2) is 7.97. The van der Waals surface area contributed by atoms with Gasteiger partial charge >= 0.3 is 0 Å². The van der Waals surface area contributed by atoms with E-state index in [0.29, 0.717) is 32.5 Å². The third-order valence-corrected chi connectivity index (χ3v) is 6.05. The van der Waals surface area contributed by atoms with Crippen LogP contribution in [0.5, 0.6) is 0 Å². The van der Waals surface area contributed by atoms with Crippen LogP contribution >= 0.6 is 0 Å². The molecule has 6 nitrogen and oxygen atoms in total. The molecule has 4 rings (SSSR count). The molecule has 1 aromatic heterocycles. The first kappa shape index (κ1) is 19.6. The number of aliphatic hydroxyl groups is 1. The molecule has 2 atom stereocenters. The zero-order valence-corrected chi connectivity index (χ0v) is 17.0. The van der Waals surface area contributed by atoms with Crippen LogP contribution in [0.4, 0.5) is 0 Å². The van der Waals surface area contributed by atoms with Crippen molar-refractivity contribution in [3.05, 3.63) is 66.5 Å². The number of aryl methyl sites for hydroxylation is 1. The largest absolute Gasteiger partial charge is 0.383 e. The molecule has 0 saturated carbocycles. The number of piperidine rings is 1. The van der Waals surface area contributed by atoms with Crippen LogP contribution in [-0.2, 0) is 16.9 Å². The summed E-state index contributed by atoms with van der Waals surface area (Å²) >= 11 is 0. The van der Waals surface area contributed by atoms with Gasteiger partial charge < -0.3 is 19.5 Å². The average molecular weight is 393 g/mol. The molecule has 1 saturated heterocycles. The molecule has 1 amide bonds. The zero-order valence-electron chi connectivity index (χ0n) is 17.0. The third-order valence-electron chi connectivity index (χ3n) is 6.05. The van der Waals surface area contributed by atoms with Crippen LogP contribution in [0.3, 0.4) is 0 Å². The number of likely N-dealkylation sites (N-methyl/N-ethyl adjacent to an activating group) is 1. The minimum Gasteiger partial charge on any atom is -0.383 e. The van der Waals surface area contributed by atoms with Gasteiger partial charge in [0.05, 0.1) is 23.4 Å². The van der Waals surface area contributed by atoms with Gasteiger partial charge in [-0.15, -0.1) is 0 Å². The number of carbonyl (C=O) groups excluding carboxylic acids is 1. The van der Waals surface area contributed by atoms with Gasteiger partial charge in [0, 0.05) is 26.1 Å². The molecule has 0 aliphatic carbocycles. The van der Waals surface area contributed by atoms with E-state index in [2.05, 4.69) is 4.98 Å². The number of rotatable bonds is 5. The molecular weight excluding hydrogens is 364 g/mol. The maximum atomic E-state index is 12.9. The summed E-state index contributed by atoms with van der Waals surface area (Å²) in [6.45, 7) is 1.67. The molecule has 0 bridgehead atoms. The Bertz CT molecular complexity index is 985. The van der Waals surface area contributed by atoms with Crippen LogP contribution in [0.15, 0.2) is 60.9 Å². The fourth-order valence-corrected chi connectivity index (χ4v) is 4.37. The molecule has 2 heterocycles. The van der Waals surface area contributed by atoms with Crippen molar-refractivity contribution in [2.75, 3.05) is 27.2 Å². The summed E-state index contributed by atoms with van der Waals surface area (Å²) in [5, 5.41) is 11.5. The summed E-state index contributed by atoms with van der Waals surface area (Å²) in [7, 11) is 3.92. The molecule has 1 N–H and O–H groups in total. The summed E-state index contributed by atoms with van der Waals surface area (Å²) in [5.74, 6) is 0.116. The van der Waals surface area contributed by atoms with Gasteiger partial charge in [-0.05, 0) is 38.2 Å². The first-order chi connectivity index (χ1) is 14.0. The SMILES string of the molecule is CN(C)[C@@H]1CN(C(=O)CCn2cnc3ccccc32)CC[C@]1(O)c1ccccc1. The lowest BCUT2D eigenvalue weighted by Gasteiger charge is -2.47. The summed E-state index contributed by atoms with van der Waals surface area (Å²) in [6.07, 6.45) is 2.74. The van der Waals surface area contributed by atoms with Gasteiger partial charge in [0.25, 0.3) is 0 Å². The van der Waals surface area contributed by atoms with Gasteiger partial charge in [-0.1, -0.05) is 42.5 Å². The highest BCUT2D eigenvalue weighted by Crippen LogP contribution is 2.35. The van der Waals surface area contributed by atoms with E-state index in [9.17, 15) is 9.90 Å². The highest BCUT2D eigenvalue weighted by molar-refractivity contribution is 5.77. The van der Waals surface area contributed by atoms with E-state index in [-0.39, 0.29) is 11.9 Å². The summed E-state index contributed by atoms with van der Waals surface area (Å²) in [6, 6.07) is 17.6. The Hall–Kier alpha value is -2.70. The predicted octanol–water partition coefficient (Wildman–Crippen LogP) is 2.48. The molecular formula is C23H28N4O2. The number of hydrogen-bond acceptors (Lipinski definition) is 4. The fraction of sp³-hybridized carbons (Fsp3) is 0.391. The zero-order chi connectivity index (χ0) is 20.4. The second-order valence-electron chi connectivity index (χ2n) is 8.04. The van der Waals surface area contributed by atoms with Gasteiger partial charge in [-0.2, -0.15) is 0 Å². The number of benzene rings is 2. The molecule has 152 valence electrons. The Morgan fingerprint density at radius 2 is 1.90 bits per heavy atom. The van der Waals surface area contributed by atoms with Crippen LogP contribution in [-0.4, -0.2) is 63.6 Å². The number of nitrogens with zero attached hydrogens (tertiary/aromatic N) is 4. The quantitative estimate of drug-likeness (QED) is 0.725. The van der Waals surface area contributed by atoms with Crippen molar-refractivity contribution in [3.63, 3.8) is 0 Å². The molecule has 2 aromatic carbocycles. The van der Waals surface area contributed by atoms with Crippen molar-refractivity contribution in [3.8, 4) is 0 Å². The van der Waals surface area contributed by atoms with E-state index < -0.39 is 5.60 Å². The van der Waals surface area contributed by atoms with E-state index in [1.165, 1.54) is 0 Å². The van der Waals surface area contributed by atoms with Crippen LogP contribution in [0.1, 0.15) is 18.4 Å². The van der Waals surface area contributed by atoms with Crippen LogP contribution in [0.25, 0.3) is 11.0 Å². The van der Waals surface area contributed by atoms with Crippen molar-refractivity contribution in [1.82, 2.24) is 19.4 Å². The minimum absolute atomic E-state index is 0.116. The summed E-state index contributed by atoms with van der Waals surface area (Å²) < 4.78 is 2.03. The number of likely N-dealkylation sites (tertiary alicyclic amines) is 1. The number of imidazole rings is 1. The predicted molar refractivity (Wildman–Crippen MR) is 113 cm³/mol. The number of para-hydroxylation sites is 2. The van der Waals surface area contributed by atoms with E-state index >= 15 is 0 Å². The van der Waals surface area contributed by atoms with Crippen LogP contribution in [0.2, 0.25) is 0 Å². The number of fused-ring (bicyclic) bond motifs is 1. The lowest BCUT2D eigenvalue weighted by Crippen LogP contribution is -2.60. The lowest BCUT2D eigenvalue weighted by molar-refractivity contribution is -0.142. The van der Waals surface area contributed by atoms with E-state index in [1.807, 2.05) is 83.1 Å². The van der Waals surface area contributed by atoms with E-state index in [0.717, 1.165) is 16.6 Å². The number of amides is 1. The monoisotopic (exact) mass is 392 g/mol. The Morgan fingerprint density at radius 3 is 2.66 bits per heavy atom. The fourth-order valence-electron chi connectivity index (χ4n) is 4.37. The molecule has 0 spiro atoms. The molecule has 29 heavy (non-hydrogen) atoms. The van der Waals surface area contributed by atoms with Crippen molar-refractivity contribution in [1.29, 1.82) is 0 Å². The molecule has 1 aliphatic rings. The van der Waals surface area contributed by atoms with Gasteiger partial charge in [0.2, 0.25) is 5.91 Å². The van der Waals surface area contributed by atoms with Crippen molar-refractivity contribution >= 4 is 16.9 Å². The first-order valence-corrected chi connectivity index (χ1v) is 10.1. The number of carbonyl (C=O) groups is 1. The maximum absolute atomic E-state index is 12.9. The number of aromatic nitrogens is 2. The summed E-state index contributed by atoms with van der Waals surface area (Å²) in [4.78, 5) is 21.2. The average Bonchev–Trinajstić information content (AvgIpc) is 3.16. The Balaban J connectivity index is 1.45. The Kier molecular flexibility index (Phi) is 5.39. The third kappa shape index (κ3) is 3.78. The maximum Gasteiger partial charge on any atom is 0.224 e. The van der Waals surface area contributed by atoms with Crippen molar-refractivity contribution in [2.45, 2.75) is 31.0 Å². The van der Waals surface area contributed by atoms with E-state index in [4.69, 9.17) is 0 Å². The Morgan fingerprint density at radius 1 is 1.17 bits per heavy atom. The van der Waals surface area contributed by atoms with Crippen molar-refractivity contribution < 1.29 is 9.90 Å². The van der Waals surface area contributed by atoms with Gasteiger partial charge in [0.15, 0.2) is 0 Å². The van der Waals surface area contributed by atoms with Crippen molar-refractivity contribution in [2.24, 2.45) is 0 Å². The standard InChI is InChI=1S/C23H28N4O2/c1-25(2)21-16-26(15-13-23(21,29)18-8-4-3-5-9-18)22(28)12-14-27-17-24-19-10-6-7-11-20(19)27/h3-11,17,21,29H,12-16H2,1-2H3/t21-,23+/m1/s1. The van der Waals surface area contributed by atoms with Gasteiger partial charge in [-0.25, -0.2) is 4.98 Å². The van der Waals surface area contributed by atoms with E-state index in [1.54, 1.807) is 6.33 Å².